The first kappa shape index (κ1) is 19.3. The monoisotopic (exact) mass is 415 g/mol. The number of fused-ring (bicyclic) bond motifs is 1. The fourth-order valence-corrected chi connectivity index (χ4v) is 3.83. The topological polar surface area (TPSA) is 92.7 Å². The van der Waals surface area contributed by atoms with E-state index in [9.17, 15) is 5.11 Å². The summed E-state index contributed by atoms with van der Waals surface area (Å²) in [7, 11) is 2.16. The van der Waals surface area contributed by atoms with Gasteiger partial charge < -0.3 is 25.2 Å². The van der Waals surface area contributed by atoms with Crippen LogP contribution in [0.15, 0.2) is 47.6 Å². The Morgan fingerprint density at radius 2 is 1.94 bits per heavy atom. The summed E-state index contributed by atoms with van der Waals surface area (Å²) >= 11 is 0. The molecule has 0 saturated carbocycles. The molecular weight excluding hydrogens is 390 g/mol. The molecule has 0 atom stereocenters. The molecule has 8 nitrogen and oxygen atoms in total. The summed E-state index contributed by atoms with van der Waals surface area (Å²) < 4.78 is 0. The van der Waals surface area contributed by atoms with Crippen LogP contribution in [0.5, 0.6) is 5.88 Å². The molecule has 2 aliphatic rings. The zero-order valence-electron chi connectivity index (χ0n) is 17.4. The van der Waals surface area contributed by atoms with Crippen molar-refractivity contribution < 1.29 is 5.11 Å². The number of pyridine rings is 1. The minimum Gasteiger partial charge on any atom is -0.492 e. The molecule has 8 heteroatoms. The molecule has 0 aliphatic carbocycles. The number of aliphatic imine (C=N–C) groups is 1. The Labute approximate surface area is 181 Å². The van der Waals surface area contributed by atoms with Crippen molar-refractivity contribution >= 4 is 35.3 Å². The third-order valence-electron chi connectivity index (χ3n) is 5.70. The maximum atomic E-state index is 10.2. The van der Waals surface area contributed by atoms with Crippen LogP contribution in [0.25, 0.3) is 11.6 Å². The number of nitrogens with zero attached hydrogens (tertiary/aromatic N) is 5. The van der Waals surface area contributed by atoms with Gasteiger partial charge in [-0.3, -0.25) is 0 Å². The minimum absolute atomic E-state index is 0.0499. The average molecular weight is 416 g/mol. The molecule has 1 aromatic carbocycles. The molecule has 1 fully saturated rings. The Balaban J connectivity index is 1.23. The Morgan fingerprint density at radius 3 is 2.74 bits per heavy atom. The van der Waals surface area contributed by atoms with E-state index in [4.69, 9.17) is 0 Å². The summed E-state index contributed by atoms with van der Waals surface area (Å²) in [6.45, 7) is 4.92. The number of aromatic amines is 1. The number of imidazole rings is 1. The van der Waals surface area contributed by atoms with Crippen LogP contribution in [0.1, 0.15) is 16.8 Å². The molecule has 5 rings (SSSR count). The number of rotatable bonds is 5. The molecule has 0 unspecified atom stereocenters. The molecule has 2 aromatic heterocycles. The third-order valence-corrected chi connectivity index (χ3v) is 5.70. The predicted molar refractivity (Wildman–Crippen MR) is 124 cm³/mol. The first-order valence-corrected chi connectivity index (χ1v) is 10.4. The quantitative estimate of drug-likeness (QED) is 0.593. The maximum Gasteiger partial charge on any atom is 0.238 e. The zero-order chi connectivity index (χ0) is 21.2. The van der Waals surface area contributed by atoms with Gasteiger partial charge >= 0.3 is 0 Å². The highest BCUT2D eigenvalue weighted by Gasteiger charge is 2.16. The largest absolute Gasteiger partial charge is 0.492 e. The Bertz CT molecular complexity index is 1130. The lowest BCUT2D eigenvalue weighted by molar-refractivity contribution is 0.313. The van der Waals surface area contributed by atoms with Gasteiger partial charge in [-0.1, -0.05) is 12.1 Å². The van der Waals surface area contributed by atoms with Crippen molar-refractivity contribution in [1.82, 2.24) is 19.9 Å². The Hall–Kier alpha value is -3.65. The highest BCUT2D eigenvalue weighted by molar-refractivity contribution is 6.20. The van der Waals surface area contributed by atoms with E-state index < -0.39 is 0 Å². The number of H-pyrrole nitrogens is 1. The molecule has 3 aromatic rings. The van der Waals surface area contributed by atoms with E-state index in [0.717, 1.165) is 42.9 Å². The summed E-state index contributed by atoms with van der Waals surface area (Å²) in [4.78, 5) is 20.6. The second-order valence-corrected chi connectivity index (χ2v) is 7.87. The molecule has 0 radical (unpaired) electrons. The van der Waals surface area contributed by atoms with E-state index >= 15 is 0 Å². The van der Waals surface area contributed by atoms with E-state index in [0.29, 0.717) is 24.0 Å². The van der Waals surface area contributed by atoms with Crippen molar-refractivity contribution in [3.8, 4) is 5.88 Å². The van der Waals surface area contributed by atoms with Crippen molar-refractivity contribution in [1.29, 1.82) is 0 Å². The van der Waals surface area contributed by atoms with Gasteiger partial charge in [0.15, 0.2) is 5.82 Å². The van der Waals surface area contributed by atoms with Crippen molar-refractivity contribution in [2.24, 2.45) is 4.99 Å². The SMILES string of the molecule is CN1CCN(c2ccc(CNc3nc(O)c(C=C4C=Nc5ncccc54)[nH]3)cc2)CC1. The van der Waals surface area contributed by atoms with E-state index in [-0.39, 0.29) is 5.88 Å². The number of likely N-dealkylation sites (N-methyl/N-ethyl adjacent to an activating group) is 1. The van der Waals surface area contributed by atoms with Crippen LogP contribution in [0.4, 0.5) is 17.5 Å². The number of allylic oxidation sites excluding steroid dienone is 1. The van der Waals surface area contributed by atoms with E-state index in [1.165, 1.54) is 5.69 Å². The van der Waals surface area contributed by atoms with Crippen LogP contribution in [0, 0.1) is 0 Å². The van der Waals surface area contributed by atoms with Gasteiger partial charge in [0.1, 0.15) is 5.69 Å². The molecule has 0 spiro atoms. The summed E-state index contributed by atoms with van der Waals surface area (Å²) in [6, 6.07) is 12.4. The summed E-state index contributed by atoms with van der Waals surface area (Å²) in [5.41, 5.74) is 4.76. The summed E-state index contributed by atoms with van der Waals surface area (Å²) in [5.74, 6) is 1.16. The minimum atomic E-state index is -0.0499. The van der Waals surface area contributed by atoms with Gasteiger partial charge in [-0.25, -0.2) is 9.98 Å². The highest BCUT2D eigenvalue weighted by Crippen LogP contribution is 2.31. The number of benzene rings is 1. The molecule has 0 amide bonds. The van der Waals surface area contributed by atoms with Crippen molar-refractivity contribution in [3.05, 3.63) is 59.4 Å². The summed E-state index contributed by atoms with van der Waals surface area (Å²) in [5, 5.41) is 13.5. The molecule has 0 bridgehead atoms. The van der Waals surface area contributed by atoms with Crippen LogP contribution < -0.4 is 10.2 Å². The molecule has 3 N–H and O–H groups in total. The molecule has 2 aliphatic heterocycles. The lowest BCUT2D eigenvalue weighted by Gasteiger charge is -2.34. The Kier molecular flexibility index (Phi) is 5.13. The average Bonchev–Trinajstić information content (AvgIpc) is 3.37. The number of nitrogens with one attached hydrogen (secondary N) is 2. The lowest BCUT2D eigenvalue weighted by Crippen LogP contribution is -2.44. The van der Waals surface area contributed by atoms with Gasteiger partial charge in [-0.2, -0.15) is 4.98 Å². The van der Waals surface area contributed by atoms with Crippen molar-refractivity contribution in [2.45, 2.75) is 6.54 Å². The zero-order valence-corrected chi connectivity index (χ0v) is 17.4. The number of aromatic hydroxyl groups is 1. The first-order chi connectivity index (χ1) is 15.2. The number of hydrogen-bond acceptors (Lipinski definition) is 7. The molecule has 1 saturated heterocycles. The first-order valence-electron chi connectivity index (χ1n) is 10.4. The van der Waals surface area contributed by atoms with E-state index in [2.05, 4.69) is 66.4 Å². The predicted octanol–water partition coefficient (Wildman–Crippen LogP) is 3.13. The molecule has 158 valence electrons. The smallest absolute Gasteiger partial charge is 0.238 e. The molecule has 4 heterocycles. The van der Waals surface area contributed by atoms with E-state index in [1.54, 1.807) is 12.4 Å². The van der Waals surface area contributed by atoms with Gasteiger partial charge in [0.2, 0.25) is 11.8 Å². The van der Waals surface area contributed by atoms with Crippen LogP contribution in [-0.4, -0.2) is 64.4 Å². The molecular formula is C23H25N7O. The van der Waals surface area contributed by atoms with Gasteiger partial charge in [-0.05, 0) is 43.0 Å². The van der Waals surface area contributed by atoms with Crippen molar-refractivity contribution in [2.75, 3.05) is 43.4 Å². The van der Waals surface area contributed by atoms with Gasteiger partial charge in [0, 0.05) is 62.0 Å². The van der Waals surface area contributed by atoms with Crippen LogP contribution in [0.3, 0.4) is 0 Å². The fraction of sp³-hybridized carbons (Fsp3) is 0.261. The standard InChI is InChI=1S/C23H25N7O/c1-29-9-11-30(12-10-29)18-6-4-16(5-7-18)14-26-23-27-20(22(31)28-23)13-17-15-25-21-19(17)3-2-8-24-21/h2-8,13,15,31H,9-12,14H2,1H3,(H2,26,27,28). The lowest BCUT2D eigenvalue weighted by atomic mass is 10.1. The number of piperazine rings is 1. The van der Waals surface area contributed by atoms with Crippen molar-refractivity contribution in [3.63, 3.8) is 0 Å². The fourth-order valence-electron chi connectivity index (χ4n) is 3.83. The van der Waals surface area contributed by atoms with Crippen LogP contribution in [-0.2, 0) is 6.54 Å². The maximum absolute atomic E-state index is 10.2. The summed E-state index contributed by atoms with van der Waals surface area (Å²) in [6.07, 6.45) is 5.29. The third kappa shape index (κ3) is 4.15. The number of aromatic nitrogens is 3. The van der Waals surface area contributed by atoms with Crippen LogP contribution in [0.2, 0.25) is 0 Å². The second kappa shape index (κ2) is 8.23. The number of anilines is 2. The van der Waals surface area contributed by atoms with Crippen LogP contribution >= 0.6 is 0 Å². The van der Waals surface area contributed by atoms with Gasteiger partial charge in [-0.15, -0.1) is 0 Å². The normalized spacial score (nSPS) is 17.3. The Morgan fingerprint density at radius 1 is 1.13 bits per heavy atom. The van der Waals surface area contributed by atoms with Gasteiger partial charge in [0.05, 0.1) is 0 Å². The van der Waals surface area contributed by atoms with Gasteiger partial charge in [0.25, 0.3) is 0 Å². The van der Waals surface area contributed by atoms with E-state index in [1.807, 2.05) is 18.2 Å². The highest BCUT2D eigenvalue weighted by atomic mass is 16.3. The second-order valence-electron chi connectivity index (χ2n) is 7.87. The number of hydrogen-bond donors (Lipinski definition) is 3. The molecule has 31 heavy (non-hydrogen) atoms.